The number of fused-ring (bicyclic) bond motifs is 1. The van der Waals surface area contributed by atoms with E-state index in [4.69, 9.17) is 18.0 Å². The lowest BCUT2D eigenvalue weighted by Gasteiger charge is -2.41. The molecule has 2 aromatic rings. The predicted molar refractivity (Wildman–Crippen MR) is 250 cm³/mol. The third-order valence-electron chi connectivity index (χ3n) is 14.5. The molecule has 1 aliphatic carbocycles. The van der Waals surface area contributed by atoms with Crippen molar-refractivity contribution in [2.24, 2.45) is 17.3 Å². The van der Waals surface area contributed by atoms with Crippen molar-refractivity contribution in [1.29, 1.82) is 0 Å². The van der Waals surface area contributed by atoms with Crippen LogP contribution in [0.25, 0.3) is 10.1 Å². The normalized spacial score (nSPS) is 20.9. The molecular weight excluding hydrogens is 797 g/mol. The first-order valence-electron chi connectivity index (χ1n) is 22.1. The molecule has 1 aromatic heterocycles. The summed E-state index contributed by atoms with van der Waals surface area (Å²) in [5, 5.41) is 30.3. The molecule has 12 heteroatoms. The highest BCUT2D eigenvalue weighted by atomic mass is 32.1. The van der Waals surface area contributed by atoms with Crippen LogP contribution in [0.2, 0.25) is 54.4 Å². The molecule has 58 heavy (non-hydrogen) atoms. The number of aliphatic hydroxyl groups excluding tert-OH is 3. The first-order chi connectivity index (χ1) is 26.6. The summed E-state index contributed by atoms with van der Waals surface area (Å²) in [5.41, 5.74) is -1.21. The first-order valence-corrected chi connectivity index (χ1v) is 31.7. The minimum atomic E-state index is -2.11. The van der Waals surface area contributed by atoms with E-state index in [9.17, 15) is 20.1 Å². The molecule has 1 saturated carbocycles. The summed E-state index contributed by atoms with van der Waals surface area (Å²) in [6, 6.07) is 11.1. The molecule has 1 aliphatic rings. The van der Waals surface area contributed by atoms with Gasteiger partial charge in [0.15, 0.2) is 25.0 Å². The Morgan fingerprint density at radius 1 is 0.724 bits per heavy atom. The fourth-order valence-electron chi connectivity index (χ4n) is 7.20. The van der Waals surface area contributed by atoms with Crippen LogP contribution in [0, 0.1) is 17.3 Å². The molecule has 0 aliphatic heterocycles. The van der Waals surface area contributed by atoms with Crippen LogP contribution >= 0.6 is 11.3 Å². The Balaban J connectivity index is 1.91. The monoisotopic (exact) mass is 881 g/mol. The van der Waals surface area contributed by atoms with Crippen LogP contribution in [0.4, 0.5) is 0 Å². The molecule has 0 radical (unpaired) electrons. The van der Waals surface area contributed by atoms with E-state index in [-0.39, 0.29) is 52.4 Å². The zero-order valence-corrected chi connectivity index (χ0v) is 43.1. The lowest BCUT2D eigenvalue weighted by Crippen LogP contribution is -2.45. The predicted octanol–water partition coefficient (Wildman–Crippen LogP) is 12.0. The standard InChI is InChI=1S/C46H84O8SSi3/c1-43(2,3)56(10,11)52-37(41-28-34-22-20-21-24-40(34)55-41)27-26-36-35(23-18-16-17-19-25-42(50)51-33-46(30-47,31-48)32-49)38(53-57(12,13)44(4,5)6)29-39(36)54-58(14,15)45(7,8)9/h20-22,24,28,35-39,47-49H,16-19,23,25-27,29-33H2,1-15H3/t35-,36-,37+,38+,39-/m1/s1. The Morgan fingerprint density at radius 2 is 1.22 bits per heavy atom. The third kappa shape index (κ3) is 13.5. The molecule has 0 unspecified atom stereocenters. The number of carbonyl (C=O) groups excluding carboxylic acids is 1. The highest BCUT2D eigenvalue weighted by Crippen LogP contribution is 2.51. The first kappa shape index (κ1) is 51.4. The number of hydrogen-bond acceptors (Lipinski definition) is 9. The summed E-state index contributed by atoms with van der Waals surface area (Å²) in [7, 11) is -6.31. The van der Waals surface area contributed by atoms with E-state index in [0.717, 1.165) is 44.9 Å². The number of hydrogen-bond donors (Lipinski definition) is 3. The average molecular weight is 881 g/mol. The Labute approximate surface area is 360 Å². The van der Waals surface area contributed by atoms with Crippen molar-refractivity contribution in [2.45, 2.75) is 193 Å². The number of rotatable bonds is 22. The summed E-state index contributed by atoms with van der Waals surface area (Å²) in [5.74, 6) is 0.328. The molecule has 1 aromatic carbocycles. The fraction of sp³-hybridized carbons (Fsp3) is 0.804. The van der Waals surface area contributed by atoms with Gasteiger partial charge < -0.3 is 33.3 Å². The molecule has 1 fully saturated rings. The number of thiophene rings is 1. The van der Waals surface area contributed by atoms with Crippen LogP contribution in [0.1, 0.15) is 131 Å². The Kier molecular flexibility index (Phi) is 18.2. The van der Waals surface area contributed by atoms with E-state index >= 15 is 0 Å². The summed E-state index contributed by atoms with van der Waals surface area (Å²) < 4.78 is 28.9. The van der Waals surface area contributed by atoms with Crippen molar-refractivity contribution in [3.05, 3.63) is 35.2 Å². The summed E-state index contributed by atoms with van der Waals surface area (Å²) >= 11 is 1.88. The molecule has 334 valence electrons. The summed E-state index contributed by atoms with van der Waals surface area (Å²) in [6.07, 6.45) is 8.13. The molecule has 3 N–H and O–H groups in total. The molecule has 0 spiro atoms. The van der Waals surface area contributed by atoms with Crippen LogP contribution in [0.15, 0.2) is 30.3 Å². The lowest BCUT2D eigenvalue weighted by molar-refractivity contribution is -0.151. The van der Waals surface area contributed by atoms with Gasteiger partial charge in [0.2, 0.25) is 0 Å². The lowest BCUT2D eigenvalue weighted by atomic mass is 9.84. The fourth-order valence-corrected chi connectivity index (χ4v) is 12.5. The van der Waals surface area contributed by atoms with Crippen LogP contribution in [0.5, 0.6) is 0 Å². The smallest absolute Gasteiger partial charge is 0.305 e. The maximum absolute atomic E-state index is 12.5. The molecular formula is C46H84O8SSi3. The topological polar surface area (TPSA) is 115 Å². The SMILES string of the molecule is CC(C)(C)[Si](C)(C)O[C@@H](CC[C@@H]1[C@@H](CCCCCCC(=O)OCC(CO)(CO)CO)[C@@H](O[Si](C)(C)C(C)(C)C)C[C@H]1O[Si](C)(C)C(C)(C)C)c1cc2ccccc2s1. The van der Waals surface area contributed by atoms with E-state index in [1.54, 1.807) is 0 Å². The number of esters is 1. The van der Waals surface area contributed by atoms with Gasteiger partial charge in [-0.05, 0) is 116 Å². The number of unbranched alkanes of at least 4 members (excludes halogenated alkanes) is 3. The van der Waals surface area contributed by atoms with Gasteiger partial charge in [0.1, 0.15) is 6.61 Å². The average Bonchev–Trinajstić information content (AvgIpc) is 3.67. The van der Waals surface area contributed by atoms with Crippen LogP contribution < -0.4 is 0 Å². The summed E-state index contributed by atoms with van der Waals surface area (Å²) in [6.45, 7) is 33.8. The highest BCUT2D eigenvalue weighted by Gasteiger charge is 2.51. The van der Waals surface area contributed by atoms with Gasteiger partial charge in [0.05, 0.1) is 43.5 Å². The van der Waals surface area contributed by atoms with E-state index in [0.29, 0.717) is 18.3 Å². The highest BCUT2D eigenvalue weighted by molar-refractivity contribution is 7.19. The van der Waals surface area contributed by atoms with Crippen molar-refractivity contribution in [3.63, 3.8) is 0 Å². The second-order valence-electron chi connectivity index (χ2n) is 22.1. The maximum Gasteiger partial charge on any atom is 0.305 e. The molecule has 0 amide bonds. The van der Waals surface area contributed by atoms with Crippen molar-refractivity contribution in [2.75, 3.05) is 26.4 Å². The van der Waals surface area contributed by atoms with Crippen molar-refractivity contribution >= 4 is 52.3 Å². The van der Waals surface area contributed by atoms with Crippen molar-refractivity contribution in [3.8, 4) is 0 Å². The van der Waals surface area contributed by atoms with E-state index in [2.05, 4.69) is 132 Å². The van der Waals surface area contributed by atoms with E-state index in [1.165, 1.54) is 15.0 Å². The van der Waals surface area contributed by atoms with Crippen molar-refractivity contribution in [1.82, 2.24) is 0 Å². The molecule has 3 rings (SSSR count). The Hall–Kier alpha value is -0.939. The molecule has 0 bridgehead atoms. The molecule has 5 atom stereocenters. The van der Waals surface area contributed by atoms with Gasteiger partial charge in [-0.15, -0.1) is 11.3 Å². The van der Waals surface area contributed by atoms with E-state index < -0.39 is 50.2 Å². The second kappa shape index (κ2) is 20.5. The number of aliphatic hydroxyl groups is 3. The number of carbonyl (C=O) groups is 1. The van der Waals surface area contributed by atoms with Gasteiger partial charge in [0, 0.05) is 16.0 Å². The number of ether oxygens (including phenoxy) is 1. The Bertz CT molecular complexity index is 1530. The van der Waals surface area contributed by atoms with E-state index in [1.807, 2.05) is 11.3 Å². The van der Waals surface area contributed by atoms with Gasteiger partial charge in [-0.25, -0.2) is 0 Å². The quantitative estimate of drug-likeness (QED) is 0.0609. The minimum absolute atomic E-state index is 0.0184. The summed E-state index contributed by atoms with van der Waals surface area (Å²) in [4.78, 5) is 13.8. The molecule has 1 heterocycles. The van der Waals surface area contributed by atoms with Crippen LogP contribution in [-0.4, -0.2) is 84.9 Å². The molecule has 8 nitrogen and oxygen atoms in total. The van der Waals surface area contributed by atoms with Crippen LogP contribution in [-0.2, 0) is 22.8 Å². The molecule has 0 saturated heterocycles. The Morgan fingerprint density at radius 3 is 1.72 bits per heavy atom. The van der Waals surface area contributed by atoms with Gasteiger partial charge in [0.25, 0.3) is 0 Å². The second-order valence-corrected chi connectivity index (χ2v) is 37.5. The van der Waals surface area contributed by atoms with Gasteiger partial charge >= 0.3 is 5.97 Å². The van der Waals surface area contributed by atoms with Gasteiger partial charge in [-0.1, -0.05) is 99.8 Å². The zero-order chi connectivity index (χ0) is 44.0. The third-order valence-corrected chi connectivity index (χ3v) is 29.2. The van der Waals surface area contributed by atoms with Gasteiger partial charge in [-0.3, -0.25) is 4.79 Å². The largest absolute Gasteiger partial charge is 0.465 e. The number of benzene rings is 1. The zero-order valence-electron chi connectivity index (χ0n) is 39.3. The van der Waals surface area contributed by atoms with Crippen LogP contribution in [0.3, 0.4) is 0 Å². The van der Waals surface area contributed by atoms with Crippen molar-refractivity contribution < 1.29 is 38.1 Å². The van der Waals surface area contributed by atoms with Gasteiger partial charge in [-0.2, -0.15) is 0 Å². The maximum atomic E-state index is 12.5. The minimum Gasteiger partial charge on any atom is -0.465 e.